The molecule has 0 saturated heterocycles. The Labute approximate surface area is 70.9 Å². The van der Waals surface area contributed by atoms with E-state index in [9.17, 15) is 9.59 Å². The summed E-state index contributed by atoms with van der Waals surface area (Å²) < 4.78 is 0. The molecule has 5 heteroatoms. The number of hydrogen-bond donors (Lipinski definition) is 3. The SMILES string of the molecule is CC(CC(=O)O)NC(=O)[C@H](C)N. The number of rotatable bonds is 4. The molecule has 0 radical (unpaired) electrons. The van der Waals surface area contributed by atoms with Crippen LogP contribution in [0.25, 0.3) is 0 Å². The Morgan fingerprint density at radius 3 is 2.33 bits per heavy atom. The summed E-state index contributed by atoms with van der Waals surface area (Å²) in [6, 6.07) is -0.970. The molecular formula is C7H14N2O3. The zero-order chi connectivity index (χ0) is 9.72. The van der Waals surface area contributed by atoms with Gasteiger partial charge in [-0.2, -0.15) is 0 Å². The van der Waals surface area contributed by atoms with E-state index in [0.717, 1.165) is 0 Å². The summed E-state index contributed by atoms with van der Waals surface area (Å²) in [6.07, 6.45) is -0.0849. The third-order valence-corrected chi connectivity index (χ3v) is 1.28. The van der Waals surface area contributed by atoms with Crippen molar-refractivity contribution in [3.8, 4) is 0 Å². The van der Waals surface area contributed by atoms with Crippen molar-refractivity contribution in [3.63, 3.8) is 0 Å². The van der Waals surface area contributed by atoms with E-state index in [1.54, 1.807) is 13.8 Å². The highest BCUT2D eigenvalue weighted by molar-refractivity contribution is 5.81. The lowest BCUT2D eigenvalue weighted by molar-refractivity contribution is -0.137. The van der Waals surface area contributed by atoms with Crippen LogP contribution in [0, 0.1) is 0 Å². The monoisotopic (exact) mass is 174 g/mol. The number of nitrogens with two attached hydrogens (primary N) is 1. The van der Waals surface area contributed by atoms with Crippen molar-refractivity contribution in [2.24, 2.45) is 5.73 Å². The molecule has 2 atom stereocenters. The third-order valence-electron chi connectivity index (χ3n) is 1.28. The van der Waals surface area contributed by atoms with E-state index >= 15 is 0 Å². The van der Waals surface area contributed by atoms with Gasteiger partial charge in [0.25, 0.3) is 0 Å². The van der Waals surface area contributed by atoms with Gasteiger partial charge in [0.05, 0.1) is 12.5 Å². The van der Waals surface area contributed by atoms with E-state index in [1.165, 1.54) is 0 Å². The lowest BCUT2D eigenvalue weighted by Crippen LogP contribution is -2.43. The number of carbonyl (C=O) groups excluding carboxylic acids is 1. The molecular weight excluding hydrogens is 160 g/mol. The van der Waals surface area contributed by atoms with Gasteiger partial charge in [0.15, 0.2) is 0 Å². The van der Waals surface area contributed by atoms with Crippen LogP contribution < -0.4 is 11.1 Å². The second-order valence-corrected chi connectivity index (χ2v) is 2.80. The van der Waals surface area contributed by atoms with Crippen LogP contribution in [0.5, 0.6) is 0 Å². The maximum Gasteiger partial charge on any atom is 0.305 e. The second-order valence-electron chi connectivity index (χ2n) is 2.80. The minimum atomic E-state index is -0.938. The number of aliphatic carboxylic acids is 1. The molecule has 5 nitrogen and oxygen atoms in total. The molecule has 1 unspecified atom stereocenters. The first-order valence-electron chi connectivity index (χ1n) is 3.71. The van der Waals surface area contributed by atoms with Gasteiger partial charge in [0, 0.05) is 6.04 Å². The van der Waals surface area contributed by atoms with Crippen LogP contribution in [0.15, 0.2) is 0 Å². The van der Waals surface area contributed by atoms with Crippen LogP contribution in [-0.4, -0.2) is 29.1 Å². The largest absolute Gasteiger partial charge is 0.481 e. The van der Waals surface area contributed by atoms with Crippen LogP contribution in [0.2, 0.25) is 0 Å². The van der Waals surface area contributed by atoms with Gasteiger partial charge in [0.1, 0.15) is 0 Å². The lowest BCUT2D eigenvalue weighted by atomic mass is 10.2. The molecule has 12 heavy (non-hydrogen) atoms. The smallest absolute Gasteiger partial charge is 0.305 e. The predicted octanol–water partition coefficient (Wildman–Crippen LogP) is -0.687. The van der Waals surface area contributed by atoms with E-state index < -0.39 is 12.0 Å². The van der Waals surface area contributed by atoms with Gasteiger partial charge in [-0.15, -0.1) is 0 Å². The molecule has 0 rings (SSSR count). The van der Waals surface area contributed by atoms with Gasteiger partial charge in [-0.3, -0.25) is 9.59 Å². The zero-order valence-corrected chi connectivity index (χ0v) is 7.20. The summed E-state index contributed by atoms with van der Waals surface area (Å²) in [5.74, 6) is -1.27. The highest BCUT2D eigenvalue weighted by Crippen LogP contribution is 1.90. The molecule has 70 valence electrons. The van der Waals surface area contributed by atoms with Gasteiger partial charge in [-0.1, -0.05) is 0 Å². The maximum atomic E-state index is 10.9. The Hall–Kier alpha value is -1.10. The van der Waals surface area contributed by atoms with Crippen LogP contribution in [-0.2, 0) is 9.59 Å². The van der Waals surface area contributed by atoms with E-state index in [2.05, 4.69) is 5.32 Å². The Bertz CT molecular complexity index is 179. The first-order chi connectivity index (χ1) is 5.43. The van der Waals surface area contributed by atoms with Gasteiger partial charge in [-0.25, -0.2) is 0 Å². The molecule has 0 bridgehead atoms. The molecule has 0 spiro atoms. The minimum absolute atomic E-state index is 0.0849. The fourth-order valence-electron chi connectivity index (χ4n) is 0.687. The van der Waals surface area contributed by atoms with Crippen molar-refractivity contribution in [1.29, 1.82) is 0 Å². The van der Waals surface area contributed by atoms with E-state index in [-0.39, 0.29) is 18.4 Å². The van der Waals surface area contributed by atoms with Crippen molar-refractivity contribution in [3.05, 3.63) is 0 Å². The minimum Gasteiger partial charge on any atom is -0.481 e. The van der Waals surface area contributed by atoms with Crippen LogP contribution in [0.4, 0.5) is 0 Å². The molecule has 0 aliphatic carbocycles. The van der Waals surface area contributed by atoms with Crippen molar-refractivity contribution in [1.82, 2.24) is 5.32 Å². The molecule has 0 fully saturated rings. The standard InChI is InChI=1S/C7H14N2O3/c1-4(3-6(10)11)9-7(12)5(2)8/h4-5H,3,8H2,1-2H3,(H,9,12)(H,10,11)/t4?,5-/m0/s1. The Kier molecular flexibility index (Phi) is 4.28. The lowest BCUT2D eigenvalue weighted by Gasteiger charge is -2.12. The highest BCUT2D eigenvalue weighted by Gasteiger charge is 2.12. The van der Waals surface area contributed by atoms with Crippen molar-refractivity contribution in [2.45, 2.75) is 32.4 Å². The average Bonchev–Trinajstić information content (AvgIpc) is 1.84. The van der Waals surface area contributed by atoms with E-state index in [4.69, 9.17) is 10.8 Å². The Balaban J connectivity index is 3.76. The molecule has 0 aliphatic rings. The number of carbonyl (C=O) groups is 2. The predicted molar refractivity (Wildman–Crippen MR) is 43.5 cm³/mol. The maximum absolute atomic E-state index is 10.9. The molecule has 0 heterocycles. The first-order valence-corrected chi connectivity index (χ1v) is 3.71. The second kappa shape index (κ2) is 4.71. The topological polar surface area (TPSA) is 92.4 Å². The molecule has 0 aliphatic heterocycles. The Morgan fingerprint density at radius 1 is 1.50 bits per heavy atom. The summed E-state index contributed by atoms with van der Waals surface area (Å²) in [5.41, 5.74) is 5.26. The summed E-state index contributed by atoms with van der Waals surface area (Å²) in [5, 5.41) is 10.8. The van der Waals surface area contributed by atoms with Gasteiger partial charge >= 0.3 is 5.97 Å². The Morgan fingerprint density at radius 2 is 2.00 bits per heavy atom. The summed E-state index contributed by atoms with van der Waals surface area (Å²) >= 11 is 0. The number of nitrogens with one attached hydrogen (secondary N) is 1. The summed E-state index contributed by atoms with van der Waals surface area (Å²) in [4.78, 5) is 21.1. The van der Waals surface area contributed by atoms with Crippen LogP contribution >= 0.6 is 0 Å². The van der Waals surface area contributed by atoms with E-state index in [0.29, 0.717) is 0 Å². The molecule has 1 amide bonds. The highest BCUT2D eigenvalue weighted by atomic mass is 16.4. The molecule has 4 N–H and O–H groups in total. The fraction of sp³-hybridized carbons (Fsp3) is 0.714. The average molecular weight is 174 g/mol. The number of amides is 1. The quantitative estimate of drug-likeness (QED) is 0.526. The van der Waals surface area contributed by atoms with Gasteiger partial charge < -0.3 is 16.2 Å². The van der Waals surface area contributed by atoms with Crippen molar-refractivity contribution >= 4 is 11.9 Å². The van der Waals surface area contributed by atoms with Gasteiger partial charge in [-0.05, 0) is 13.8 Å². The first kappa shape index (κ1) is 10.9. The molecule has 0 aromatic carbocycles. The van der Waals surface area contributed by atoms with Crippen molar-refractivity contribution in [2.75, 3.05) is 0 Å². The number of carboxylic acid groups (broad SMARTS) is 1. The third kappa shape index (κ3) is 4.68. The summed E-state index contributed by atoms with van der Waals surface area (Å²) in [6.45, 7) is 3.16. The molecule has 0 saturated carbocycles. The molecule has 0 aromatic rings. The zero-order valence-electron chi connectivity index (χ0n) is 7.20. The number of hydrogen-bond acceptors (Lipinski definition) is 3. The van der Waals surface area contributed by atoms with Crippen LogP contribution in [0.1, 0.15) is 20.3 Å². The number of carboxylic acids is 1. The molecule has 0 aromatic heterocycles. The van der Waals surface area contributed by atoms with Crippen LogP contribution in [0.3, 0.4) is 0 Å². The van der Waals surface area contributed by atoms with E-state index in [1.807, 2.05) is 0 Å². The van der Waals surface area contributed by atoms with Crippen molar-refractivity contribution < 1.29 is 14.7 Å². The normalized spacial score (nSPS) is 14.9. The van der Waals surface area contributed by atoms with Gasteiger partial charge in [0.2, 0.25) is 5.91 Å². The fourth-order valence-corrected chi connectivity index (χ4v) is 0.687. The summed E-state index contributed by atoms with van der Waals surface area (Å²) in [7, 11) is 0.